The van der Waals surface area contributed by atoms with Gasteiger partial charge in [-0.05, 0) is 122 Å². The van der Waals surface area contributed by atoms with Gasteiger partial charge < -0.3 is 19.8 Å². The van der Waals surface area contributed by atoms with Gasteiger partial charge in [0.15, 0.2) is 0 Å². The first-order chi connectivity index (χ1) is 18.3. The van der Waals surface area contributed by atoms with Crippen molar-refractivity contribution in [1.29, 1.82) is 0 Å². The number of aliphatic hydroxyl groups is 2. The van der Waals surface area contributed by atoms with Gasteiger partial charge in [-0.3, -0.25) is 4.79 Å². The SMILES string of the molecule is COC(C[C@@H](C)[C@H]1C[C@H](O)[C@@]2(C)C3CC[C@H]4C(C)(C)C(O)CCC45CC35CCC12C)CN(C(C)=O)C1CCC1. The van der Waals surface area contributed by atoms with Gasteiger partial charge in [-0.15, -0.1) is 0 Å². The Kier molecular flexibility index (Phi) is 6.70. The summed E-state index contributed by atoms with van der Waals surface area (Å²) in [6.45, 7) is 14.5. The monoisotopic (exact) mass is 543 g/mol. The van der Waals surface area contributed by atoms with Crippen molar-refractivity contribution in [3.8, 4) is 0 Å². The molecule has 1 amide bonds. The molecule has 0 aromatic heterocycles. The molecule has 0 aliphatic heterocycles. The second-order valence-corrected chi connectivity index (χ2v) is 16.4. The van der Waals surface area contributed by atoms with Crippen molar-refractivity contribution in [2.45, 2.75) is 143 Å². The molecule has 6 rings (SSSR count). The Hall–Kier alpha value is -0.650. The summed E-state index contributed by atoms with van der Waals surface area (Å²) in [7, 11) is 1.81. The van der Waals surface area contributed by atoms with Gasteiger partial charge in [-0.2, -0.15) is 0 Å². The average Bonchev–Trinajstić information content (AvgIpc) is 3.47. The normalized spacial score (nSPS) is 49.5. The minimum Gasteiger partial charge on any atom is -0.393 e. The van der Waals surface area contributed by atoms with Crippen molar-refractivity contribution in [2.24, 2.45) is 50.7 Å². The summed E-state index contributed by atoms with van der Waals surface area (Å²) in [4.78, 5) is 14.5. The summed E-state index contributed by atoms with van der Waals surface area (Å²) in [5.41, 5.74) is 0.835. The average molecular weight is 544 g/mol. The topological polar surface area (TPSA) is 70.0 Å². The van der Waals surface area contributed by atoms with Crippen LogP contribution in [-0.4, -0.2) is 59.0 Å². The van der Waals surface area contributed by atoms with Crippen LogP contribution >= 0.6 is 0 Å². The second kappa shape index (κ2) is 9.17. The maximum absolute atomic E-state index is 12.4. The molecule has 6 fully saturated rings. The van der Waals surface area contributed by atoms with Crippen molar-refractivity contribution >= 4 is 5.91 Å². The Morgan fingerprint density at radius 3 is 2.23 bits per heavy atom. The van der Waals surface area contributed by atoms with E-state index < -0.39 is 0 Å². The summed E-state index contributed by atoms with van der Waals surface area (Å²) in [6.07, 6.45) is 13.3. The molecule has 0 aromatic rings. The number of nitrogens with zero attached hydrogens (tertiary/aromatic N) is 1. The van der Waals surface area contributed by atoms with Crippen LogP contribution in [0.4, 0.5) is 0 Å². The summed E-state index contributed by atoms with van der Waals surface area (Å²) < 4.78 is 6.02. The van der Waals surface area contributed by atoms with E-state index in [4.69, 9.17) is 4.74 Å². The highest BCUT2D eigenvalue weighted by molar-refractivity contribution is 5.73. The third-order valence-corrected chi connectivity index (χ3v) is 15.2. The van der Waals surface area contributed by atoms with E-state index >= 15 is 0 Å². The molecule has 6 unspecified atom stereocenters. The molecule has 6 aliphatic carbocycles. The number of amides is 1. The number of hydrogen-bond acceptors (Lipinski definition) is 4. The van der Waals surface area contributed by atoms with Crippen LogP contribution in [0.2, 0.25) is 0 Å². The summed E-state index contributed by atoms with van der Waals surface area (Å²) in [6, 6.07) is 0.394. The molecule has 11 atom stereocenters. The van der Waals surface area contributed by atoms with Crippen molar-refractivity contribution in [1.82, 2.24) is 4.90 Å². The lowest BCUT2D eigenvalue weighted by atomic mass is 9.41. The lowest BCUT2D eigenvalue weighted by Crippen LogP contribution is -2.59. The smallest absolute Gasteiger partial charge is 0.219 e. The fourth-order valence-corrected chi connectivity index (χ4v) is 12.6. The minimum atomic E-state index is -0.252. The summed E-state index contributed by atoms with van der Waals surface area (Å²) in [5.74, 6) is 2.29. The van der Waals surface area contributed by atoms with E-state index in [1.807, 2.05) is 7.11 Å². The van der Waals surface area contributed by atoms with Gasteiger partial charge in [0.1, 0.15) is 0 Å². The van der Waals surface area contributed by atoms with Gasteiger partial charge in [0.2, 0.25) is 5.91 Å². The van der Waals surface area contributed by atoms with Crippen LogP contribution in [0, 0.1) is 50.7 Å². The Labute approximate surface area is 237 Å². The molecular formula is C34H57NO4. The highest BCUT2D eigenvalue weighted by atomic mass is 16.5. The maximum Gasteiger partial charge on any atom is 0.219 e. The van der Waals surface area contributed by atoms with Crippen LogP contribution in [0.1, 0.15) is 119 Å². The van der Waals surface area contributed by atoms with E-state index in [1.165, 1.54) is 44.9 Å². The van der Waals surface area contributed by atoms with Crippen molar-refractivity contribution in [3.63, 3.8) is 0 Å². The predicted octanol–water partition coefficient (Wildman–Crippen LogP) is 6.20. The Balaban J connectivity index is 1.22. The second-order valence-electron chi connectivity index (χ2n) is 16.4. The van der Waals surface area contributed by atoms with Crippen LogP contribution in [0.25, 0.3) is 0 Å². The van der Waals surface area contributed by atoms with E-state index in [-0.39, 0.29) is 40.5 Å². The largest absolute Gasteiger partial charge is 0.393 e. The zero-order valence-electron chi connectivity index (χ0n) is 26.0. The minimum absolute atomic E-state index is 0.00210. The molecular weight excluding hydrogens is 486 g/mol. The number of rotatable bonds is 7. The Morgan fingerprint density at radius 1 is 0.949 bits per heavy atom. The molecule has 0 heterocycles. The molecule has 39 heavy (non-hydrogen) atoms. The molecule has 5 heteroatoms. The Morgan fingerprint density at radius 2 is 1.62 bits per heavy atom. The number of hydrogen-bond donors (Lipinski definition) is 2. The molecule has 0 saturated heterocycles. The van der Waals surface area contributed by atoms with Crippen LogP contribution in [0.15, 0.2) is 0 Å². The number of fused-ring (bicyclic) bond motifs is 2. The molecule has 0 aromatic carbocycles. The molecule has 6 saturated carbocycles. The quantitative estimate of drug-likeness (QED) is 0.401. The summed E-state index contributed by atoms with van der Waals surface area (Å²) in [5, 5.41) is 22.9. The number of aliphatic hydroxyl groups excluding tert-OH is 2. The third kappa shape index (κ3) is 3.63. The molecule has 5 nitrogen and oxygen atoms in total. The molecule has 0 radical (unpaired) electrons. The van der Waals surface area contributed by atoms with E-state index in [9.17, 15) is 15.0 Å². The zero-order valence-corrected chi connectivity index (χ0v) is 26.0. The summed E-state index contributed by atoms with van der Waals surface area (Å²) >= 11 is 0. The maximum atomic E-state index is 12.4. The van der Waals surface area contributed by atoms with Gasteiger partial charge in [-0.25, -0.2) is 0 Å². The first-order valence-electron chi connectivity index (χ1n) is 16.4. The van der Waals surface area contributed by atoms with E-state index in [0.29, 0.717) is 47.1 Å². The van der Waals surface area contributed by atoms with E-state index in [2.05, 4.69) is 39.5 Å². The highest BCUT2D eigenvalue weighted by Gasteiger charge is 2.83. The fourth-order valence-electron chi connectivity index (χ4n) is 12.6. The van der Waals surface area contributed by atoms with Crippen LogP contribution in [-0.2, 0) is 9.53 Å². The first kappa shape index (κ1) is 28.5. The van der Waals surface area contributed by atoms with Gasteiger partial charge in [0, 0.05) is 32.0 Å². The number of ether oxygens (including phenoxy) is 1. The van der Waals surface area contributed by atoms with Crippen LogP contribution < -0.4 is 0 Å². The number of carbonyl (C=O) groups excluding carboxylic acids is 1. The molecule has 2 N–H and O–H groups in total. The fraction of sp³-hybridized carbons (Fsp3) is 0.971. The van der Waals surface area contributed by atoms with Gasteiger partial charge in [-0.1, -0.05) is 34.6 Å². The lowest BCUT2D eigenvalue weighted by molar-refractivity contribution is -0.182. The first-order valence-corrected chi connectivity index (χ1v) is 16.4. The van der Waals surface area contributed by atoms with E-state index in [0.717, 1.165) is 32.1 Å². The number of carbonyl (C=O) groups is 1. The van der Waals surface area contributed by atoms with Gasteiger partial charge in [0.25, 0.3) is 0 Å². The van der Waals surface area contributed by atoms with Crippen molar-refractivity contribution in [3.05, 3.63) is 0 Å². The predicted molar refractivity (Wildman–Crippen MR) is 154 cm³/mol. The van der Waals surface area contributed by atoms with Crippen molar-refractivity contribution < 1.29 is 19.7 Å². The Bertz CT molecular complexity index is 978. The molecule has 222 valence electrons. The molecule has 0 bridgehead atoms. The molecule has 6 aliphatic rings. The third-order valence-electron chi connectivity index (χ3n) is 15.2. The van der Waals surface area contributed by atoms with Gasteiger partial charge in [0.05, 0.1) is 18.3 Å². The molecule has 2 spiro atoms. The van der Waals surface area contributed by atoms with Crippen LogP contribution in [0.3, 0.4) is 0 Å². The van der Waals surface area contributed by atoms with Crippen LogP contribution in [0.5, 0.6) is 0 Å². The van der Waals surface area contributed by atoms with Crippen molar-refractivity contribution in [2.75, 3.05) is 13.7 Å². The lowest BCUT2D eigenvalue weighted by Gasteiger charge is -2.63. The standard InChI is InChI=1S/C34H57NO4/c1-21(17-24(39-7)19-35(22(2)36)23-9-8-10-23)25-18-29(38)32(6)27-12-11-26-30(3,4)28(37)13-14-33(26)20-34(27,33)16-15-31(25,32)5/h21,23-29,37-38H,8-20H2,1-7H3/t21-,24?,25-,26+,27?,28?,29+,31?,32-,33?,34?/m1/s1. The highest BCUT2D eigenvalue weighted by Crippen LogP contribution is 2.89. The number of methoxy groups -OCH3 is 1. The van der Waals surface area contributed by atoms with E-state index in [1.54, 1.807) is 6.92 Å². The van der Waals surface area contributed by atoms with Gasteiger partial charge >= 0.3 is 0 Å². The zero-order chi connectivity index (χ0) is 28.2.